The quantitative estimate of drug-likeness (QED) is 0.0255. The summed E-state index contributed by atoms with van der Waals surface area (Å²) >= 11 is 0. The summed E-state index contributed by atoms with van der Waals surface area (Å²) < 4.78 is 0. The van der Waals surface area contributed by atoms with Gasteiger partial charge in [0.2, 0.25) is 35.4 Å². The van der Waals surface area contributed by atoms with Gasteiger partial charge in [-0.25, -0.2) is 29.7 Å². The van der Waals surface area contributed by atoms with Gasteiger partial charge in [0.25, 0.3) is 0 Å². The average Bonchev–Trinajstić information content (AvgIpc) is 4.22. The average molecular weight is 977 g/mol. The van der Waals surface area contributed by atoms with Gasteiger partial charge >= 0.3 is 5.97 Å². The number of carboxylic acids is 1. The minimum absolute atomic E-state index is 0.0803. The number of nitrogens with zero attached hydrogens (tertiary/aromatic N) is 5. The predicted molar refractivity (Wildman–Crippen MR) is 248 cm³/mol. The van der Waals surface area contributed by atoms with E-state index >= 15 is 0 Å². The number of aliphatic hydroxyl groups is 1. The van der Waals surface area contributed by atoms with Crippen LogP contribution in [0.1, 0.15) is 34.0 Å². The number of hydrogen-bond acceptors (Lipinski definition) is 14. The number of carbonyl (C=O) groups excluding carboxylic acids is 6. The predicted octanol–water partition coefficient (Wildman–Crippen LogP) is -3.15. The zero-order valence-corrected chi connectivity index (χ0v) is 37.7. The Morgan fingerprint density at radius 1 is 0.465 bits per heavy atom. The van der Waals surface area contributed by atoms with Gasteiger partial charge in [0.1, 0.15) is 36.3 Å². The summed E-state index contributed by atoms with van der Waals surface area (Å²) in [5, 5.41) is 36.6. The van der Waals surface area contributed by atoms with Crippen molar-refractivity contribution in [3.8, 4) is 0 Å². The Morgan fingerprint density at radius 3 is 1.20 bits per heavy atom. The molecule has 16 N–H and O–H groups in total. The molecule has 0 saturated carbocycles. The van der Waals surface area contributed by atoms with Crippen LogP contribution in [0.3, 0.4) is 0 Å². The number of nitrogens with two attached hydrogens (primary N) is 1. The Balaban J connectivity index is 1.07. The third kappa shape index (κ3) is 13.8. The molecule has 71 heavy (non-hydrogen) atoms. The maximum Gasteiger partial charge on any atom is 0.326 e. The third-order valence-electron chi connectivity index (χ3n) is 11.3. The molecule has 0 bridgehead atoms. The van der Waals surface area contributed by atoms with Crippen LogP contribution in [0.25, 0.3) is 10.9 Å². The summed E-state index contributed by atoms with van der Waals surface area (Å²) in [6.07, 6.45) is 15.0. The smallest absolute Gasteiger partial charge is 0.326 e. The van der Waals surface area contributed by atoms with E-state index in [4.69, 9.17) is 5.73 Å². The molecule has 1 aromatic carbocycles. The van der Waals surface area contributed by atoms with Crippen LogP contribution in [0.2, 0.25) is 0 Å². The summed E-state index contributed by atoms with van der Waals surface area (Å²) in [5.74, 6) is -6.56. The van der Waals surface area contributed by atoms with Gasteiger partial charge in [0, 0.05) is 115 Å². The maximum atomic E-state index is 14.4. The van der Waals surface area contributed by atoms with E-state index in [0.717, 1.165) is 10.9 Å². The molecule has 27 heteroatoms. The number of aromatic nitrogens is 11. The van der Waals surface area contributed by atoms with E-state index in [-0.39, 0.29) is 38.5 Å². The number of H-pyrrole nitrogens is 6. The van der Waals surface area contributed by atoms with Crippen molar-refractivity contribution in [1.29, 1.82) is 0 Å². The zero-order chi connectivity index (χ0) is 50.3. The molecule has 0 aliphatic carbocycles. The van der Waals surface area contributed by atoms with Crippen LogP contribution >= 0.6 is 0 Å². The van der Waals surface area contributed by atoms with E-state index in [1.54, 1.807) is 18.3 Å². The summed E-state index contributed by atoms with van der Waals surface area (Å²) in [5.41, 5.74) is 9.80. The van der Waals surface area contributed by atoms with Gasteiger partial charge in [-0.2, -0.15) is 0 Å². The molecule has 0 radical (unpaired) electrons. The topological polar surface area (TPSA) is 417 Å². The molecule has 7 rings (SSSR count). The molecule has 0 unspecified atom stereocenters. The van der Waals surface area contributed by atoms with Gasteiger partial charge in [-0.05, 0) is 11.6 Å². The van der Waals surface area contributed by atoms with Crippen molar-refractivity contribution in [2.24, 2.45) is 5.73 Å². The van der Waals surface area contributed by atoms with Gasteiger partial charge < -0.3 is 77.8 Å². The zero-order valence-electron chi connectivity index (χ0n) is 37.7. The van der Waals surface area contributed by atoms with Gasteiger partial charge in [-0.1, -0.05) is 18.2 Å². The summed E-state index contributed by atoms with van der Waals surface area (Å²) in [6, 6.07) is -2.65. The minimum atomic E-state index is -1.67. The van der Waals surface area contributed by atoms with Crippen LogP contribution in [-0.2, 0) is 72.1 Å². The lowest BCUT2D eigenvalue weighted by Crippen LogP contribution is -2.61. The van der Waals surface area contributed by atoms with Crippen LogP contribution in [-0.4, -0.2) is 155 Å². The lowest BCUT2D eigenvalue weighted by Gasteiger charge is -2.27. The summed E-state index contributed by atoms with van der Waals surface area (Å²) in [7, 11) is 0. The van der Waals surface area contributed by atoms with Gasteiger partial charge in [0.05, 0.1) is 44.3 Å². The second kappa shape index (κ2) is 23.8. The number of benzene rings is 1. The number of fused-ring (bicyclic) bond motifs is 1. The van der Waals surface area contributed by atoms with Crippen LogP contribution in [0.4, 0.5) is 0 Å². The second-order valence-electron chi connectivity index (χ2n) is 16.5. The van der Waals surface area contributed by atoms with E-state index in [1.807, 2.05) is 12.1 Å². The highest BCUT2D eigenvalue weighted by molar-refractivity contribution is 5.97. The summed E-state index contributed by atoms with van der Waals surface area (Å²) in [4.78, 5) is 134. The van der Waals surface area contributed by atoms with Gasteiger partial charge in [0.15, 0.2) is 0 Å². The Hall–Kier alpha value is -8.98. The largest absolute Gasteiger partial charge is 0.480 e. The van der Waals surface area contributed by atoms with Crippen molar-refractivity contribution in [3.63, 3.8) is 0 Å². The molecular weight excluding hydrogens is 925 g/mol. The van der Waals surface area contributed by atoms with Crippen molar-refractivity contribution in [1.82, 2.24) is 86.7 Å². The van der Waals surface area contributed by atoms with E-state index in [1.165, 1.54) is 62.6 Å². The molecule has 6 aromatic heterocycles. The first-order valence-corrected chi connectivity index (χ1v) is 22.2. The molecule has 6 heterocycles. The monoisotopic (exact) mass is 976 g/mol. The van der Waals surface area contributed by atoms with Crippen molar-refractivity contribution in [3.05, 3.63) is 127 Å². The number of rotatable bonds is 26. The first-order chi connectivity index (χ1) is 34.3. The van der Waals surface area contributed by atoms with E-state index < -0.39 is 90.3 Å². The number of carboxylic acid groups (broad SMARTS) is 1. The number of aliphatic hydroxyl groups excluding tert-OH is 1. The van der Waals surface area contributed by atoms with Crippen molar-refractivity contribution >= 4 is 52.3 Å². The number of nitrogens with one attached hydrogen (secondary N) is 12. The van der Waals surface area contributed by atoms with Crippen LogP contribution in [0, 0.1) is 0 Å². The molecule has 0 saturated heterocycles. The summed E-state index contributed by atoms with van der Waals surface area (Å²) in [6.45, 7) is -0.950. The number of imidazole rings is 5. The number of hydrogen-bond donors (Lipinski definition) is 15. The van der Waals surface area contributed by atoms with E-state index in [9.17, 15) is 43.8 Å². The van der Waals surface area contributed by atoms with E-state index in [2.05, 4.69) is 86.7 Å². The Kier molecular flexibility index (Phi) is 16.8. The minimum Gasteiger partial charge on any atom is -0.480 e. The van der Waals surface area contributed by atoms with E-state index in [0.29, 0.717) is 34.0 Å². The molecular formula is C44H52N18O9. The molecule has 6 amide bonds. The van der Waals surface area contributed by atoms with Gasteiger partial charge in [-0.3, -0.25) is 28.8 Å². The third-order valence-corrected chi connectivity index (χ3v) is 11.3. The SMILES string of the molecule is N[C@@H](Cc1cnc[nH]1)C(=O)N[C@@H](Cc1cnc[nH]1)C(=O)N[C@@H](Cc1cnc[nH]1)C(=O)N[C@@H](Cc1cnc[nH]1)C(=O)N[C@@H](Cc1cnc[nH]1)C(=O)N[C@@H](CO)C(=O)N[C@@H](Cc1c[nH]c2ccccc12)C(=O)O. The molecule has 7 aromatic rings. The van der Waals surface area contributed by atoms with Crippen LogP contribution in [0.15, 0.2) is 93.1 Å². The number of aliphatic carboxylic acids is 1. The first-order valence-electron chi connectivity index (χ1n) is 22.2. The normalized spacial score (nSPS) is 14.2. The number of amides is 6. The van der Waals surface area contributed by atoms with Gasteiger partial charge in [-0.15, -0.1) is 0 Å². The highest BCUT2D eigenvalue weighted by Crippen LogP contribution is 2.19. The van der Waals surface area contributed by atoms with Crippen molar-refractivity contribution < 1.29 is 43.8 Å². The number of para-hydroxylation sites is 1. The fourth-order valence-electron chi connectivity index (χ4n) is 7.58. The van der Waals surface area contributed by atoms with Crippen LogP contribution < -0.4 is 37.6 Å². The molecule has 0 aliphatic heterocycles. The fraction of sp³-hybridized carbons (Fsp3) is 0.318. The van der Waals surface area contributed by atoms with Crippen LogP contribution in [0.5, 0.6) is 0 Å². The Labute approximate surface area is 402 Å². The number of carbonyl (C=O) groups is 7. The van der Waals surface area contributed by atoms with Crippen molar-refractivity contribution in [2.75, 3.05) is 6.61 Å². The fourth-order valence-corrected chi connectivity index (χ4v) is 7.58. The lowest BCUT2D eigenvalue weighted by atomic mass is 10.0. The highest BCUT2D eigenvalue weighted by atomic mass is 16.4. The molecule has 0 aliphatic rings. The molecule has 372 valence electrons. The molecule has 0 fully saturated rings. The standard InChI is InChI=1S/C44H52N18O9/c45-30(6-24-12-46-18-52-24)38(64)57-32(7-25-13-47-19-53-25)39(65)58-33(8-26-14-48-20-54-26)40(66)59-34(9-27-15-49-21-55-27)41(67)60-35(10-28-16-50-22-56-28)42(68)62-37(17-63)43(69)61-36(44(70)71)5-23-11-51-31-4-2-1-3-29(23)31/h1-4,11-16,18-22,30,32-37,51,63H,5-10,17,45H2,(H,46,52)(H,47,53)(H,48,54)(H,49,55)(H,50,56)(H,57,64)(H,58,65)(H,59,66)(H,60,67)(H,61,69)(H,62,68)(H,70,71)/t30-,32-,33-,34-,35-,36-,37-/m0/s1. The maximum absolute atomic E-state index is 14.4. The second-order valence-corrected chi connectivity index (χ2v) is 16.5. The Morgan fingerprint density at radius 2 is 0.817 bits per heavy atom. The highest BCUT2D eigenvalue weighted by Gasteiger charge is 2.35. The number of aromatic amines is 6. The lowest BCUT2D eigenvalue weighted by molar-refractivity contribution is -0.142. The molecule has 27 nitrogen and oxygen atoms in total. The Bertz CT molecular complexity index is 2830. The first kappa shape index (κ1) is 49.9. The van der Waals surface area contributed by atoms with Crippen molar-refractivity contribution in [2.45, 2.75) is 80.8 Å². The molecule has 7 atom stereocenters. The molecule has 0 spiro atoms.